The third-order valence-electron chi connectivity index (χ3n) is 3.17. The van der Waals surface area contributed by atoms with Gasteiger partial charge in [-0.05, 0) is 24.3 Å². The number of hydrogen-bond donors (Lipinski definition) is 2. The summed E-state index contributed by atoms with van der Waals surface area (Å²) in [5, 5.41) is 11.8. The van der Waals surface area contributed by atoms with Gasteiger partial charge < -0.3 is 4.74 Å². The van der Waals surface area contributed by atoms with Crippen LogP contribution in [0.2, 0.25) is 5.15 Å². The molecule has 0 aliphatic carbocycles. The average molecular weight is 330 g/mol. The maximum Gasteiger partial charge on any atom is 0.271 e. The van der Waals surface area contributed by atoms with Gasteiger partial charge in [-0.15, -0.1) is 0 Å². The molecule has 2 heterocycles. The number of methoxy groups -OCH3 is 1. The fourth-order valence-corrected chi connectivity index (χ4v) is 2.16. The van der Waals surface area contributed by atoms with E-state index in [1.807, 2.05) is 0 Å². The number of nitrogens with zero attached hydrogens (tertiary/aromatic N) is 3. The van der Waals surface area contributed by atoms with Crippen molar-refractivity contribution in [2.75, 3.05) is 7.11 Å². The summed E-state index contributed by atoms with van der Waals surface area (Å²) in [6, 6.07) is 6.71. The number of nitrogens with one attached hydrogen (secondary N) is 2. The van der Waals surface area contributed by atoms with E-state index in [1.54, 1.807) is 43.8 Å². The Morgan fingerprint density at radius 2 is 2.13 bits per heavy atom. The Morgan fingerprint density at radius 1 is 1.35 bits per heavy atom. The van der Waals surface area contributed by atoms with Crippen LogP contribution in [0.1, 0.15) is 15.9 Å². The normalized spacial score (nSPS) is 11.0. The van der Waals surface area contributed by atoms with Crippen molar-refractivity contribution in [1.29, 1.82) is 0 Å². The molecule has 0 atom stereocenters. The molecule has 0 fully saturated rings. The van der Waals surface area contributed by atoms with Gasteiger partial charge in [-0.3, -0.25) is 14.9 Å². The van der Waals surface area contributed by atoms with Gasteiger partial charge in [0.25, 0.3) is 5.91 Å². The minimum absolute atomic E-state index is 0.330. The first kappa shape index (κ1) is 15.0. The molecule has 3 aromatic rings. The zero-order valence-electron chi connectivity index (χ0n) is 12.1. The number of carbonyl (C=O) groups excluding carboxylic acids is 1. The van der Waals surface area contributed by atoms with Crippen molar-refractivity contribution in [3.63, 3.8) is 0 Å². The number of hydrogen-bond acceptors (Lipinski definition) is 5. The van der Waals surface area contributed by atoms with Crippen molar-refractivity contribution in [3.05, 3.63) is 52.9 Å². The van der Waals surface area contributed by atoms with Crippen LogP contribution in [-0.2, 0) is 0 Å². The molecule has 0 bridgehead atoms. The van der Waals surface area contributed by atoms with Gasteiger partial charge in [0.15, 0.2) is 0 Å². The Labute approximate surface area is 136 Å². The van der Waals surface area contributed by atoms with Crippen molar-refractivity contribution in [3.8, 4) is 5.75 Å². The molecule has 0 radical (unpaired) electrons. The van der Waals surface area contributed by atoms with Crippen LogP contribution < -0.4 is 10.2 Å². The van der Waals surface area contributed by atoms with E-state index in [9.17, 15) is 4.79 Å². The molecule has 1 amide bonds. The number of pyridine rings is 1. The van der Waals surface area contributed by atoms with E-state index in [4.69, 9.17) is 16.3 Å². The number of H-pyrrole nitrogens is 1. The maximum atomic E-state index is 12.0. The van der Waals surface area contributed by atoms with Crippen LogP contribution in [-0.4, -0.2) is 34.4 Å². The topological polar surface area (TPSA) is 92.3 Å². The fourth-order valence-electron chi connectivity index (χ4n) is 1.98. The van der Waals surface area contributed by atoms with Gasteiger partial charge in [-0.1, -0.05) is 11.6 Å². The van der Waals surface area contributed by atoms with Crippen molar-refractivity contribution in [2.45, 2.75) is 0 Å². The molecule has 3 rings (SSSR count). The van der Waals surface area contributed by atoms with Crippen molar-refractivity contribution >= 4 is 34.6 Å². The summed E-state index contributed by atoms with van der Waals surface area (Å²) in [5.41, 5.74) is 4.19. The van der Waals surface area contributed by atoms with E-state index >= 15 is 0 Å². The van der Waals surface area contributed by atoms with Gasteiger partial charge in [-0.25, -0.2) is 5.43 Å². The predicted molar refractivity (Wildman–Crippen MR) is 87.0 cm³/mol. The van der Waals surface area contributed by atoms with Crippen molar-refractivity contribution in [1.82, 2.24) is 20.6 Å². The van der Waals surface area contributed by atoms with Crippen LogP contribution in [0.25, 0.3) is 10.9 Å². The number of benzene rings is 1. The van der Waals surface area contributed by atoms with E-state index in [0.29, 0.717) is 32.9 Å². The first-order valence-electron chi connectivity index (χ1n) is 6.64. The van der Waals surface area contributed by atoms with E-state index in [-0.39, 0.29) is 5.91 Å². The van der Waals surface area contributed by atoms with E-state index in [0.717, 1.165) is 0 Å². The minimum Gasteiger partial charge on any atom is -0.497 e. The lowest BCUT2D eigenvalue weighted by Crippen LogP contribution is -2.17. The summed E-state index contributed by atoms with van der Waals surface area (Å²) >= 11 is 5.95. The lowest BCUT2D eigenvalue weighted by Gasteiger charge is -2.02. The van der Waals surface area contributed by atoms with Crippen LogP contribution in [0.3, 0.4) is 0 Å². The average Bonchev–Trinajstić information content (AvgIpc) is 2.97. The SMILES string of the molecule is COc1ccc(C(=O)N/N=C/c2cncc3c(Cl)[nH]nc23)cc1. The third-order valence-corrected chi connectivity index (χ3v) is 3.46. The number of aromatic nitrogens is 3. The predicted octanol–water partition coefficient (Wildman–Crippen LogP) is 2.38. The number of aromatic amines is 1. The molecule has 23 heavy (non-hydrogen) atoms. The summed E-state index contributed by atoms with van der Waals surface area (Å²) in [7, 11) is 1.56. The molecule has 0 aliphatic heterocycles. The number of hydrazone groups is 1. The summed E-state index contributed by atoms with van der Waals surface area (Å²) < 4.78 is 5.04. The molecule has 0 spiro atoms. The zero-order valence-corrected chi connectivity index (χ0v) is 12.8. The van der Waals surface area contributed by atoms with Crippen LogP contribution >= 0.6 is 11.6 Å². The van der Waals surface area contributed by atoms with Crippen LogP contribution in [0.4, 0.5) is 0 Å². The molecule has 116 valence electrons. The van der Waals surface area contributed by atoms with Crippen molar-refractivity contribution < 1.29 is 9.53 Å². The Kier molecular flexibility index (Phi) is 4.20. The molecular weight excluding hydrogens is 318 g/mol. The highest BCUT2D eigenvalue weighted by atomic mass is 35.5. The highest BCUT2D eigenvalue weighted by Crippen LogP contribution is 2.20. The van der Waals surface area contributed by atoms with Gasteiger partial charge in [0.1, 0.15) is 16.4 Å². The smallest absolute Gasteiger partial charge is 0.271 e. The Bertz CT molecular complexity index is 873. The first-order valence-corrected chi connectivity index (χ1v) is 7.02. The molecule has 1 aromatic carbocycles. The fraction of sp³-hybridized carbons (Fsp3) is 0.0667. The van der Waals surface area contributed by atoms with Gasteiger partial charge in [0, 0.05) is 23.5 Å². The summed E-state index contributed by atoms with van der Waals surface area (Å²) in [4.78, 5) is 16.0. The second-order valence-corrected chi connectivity index (χ2v) is 4.97. The first-order chi connectivity index (χ1) is 11.2. The highest BCUT2D eigenvalue weighted by Gasteiger charge is 2.07. The van der Waals surface area contributed by atoms with Crippen LogP contribution in [0.15, 0.2) is 41.8 Å². The van der Waals surface area contributed by atoms with Gasteiger partial charge >= 0.3 is 0 Å². The Balaban J connectivity index is 1.73. The summed E-state index contributed by atoms with van der Waals surface area (Å²) in [6.45, 7) is 0. The van der Waals surface area contributed by atoms with Gasteiger partial charge in [0.2, 0.25) is 0 Å². The maximum absolute atomic E-state index is 12.0. The van der Waals surface area contributed by atoms with Gasteiger partial charge in [-0.2, -0.15) is 10.2 Å². The number of carbonyl (C=O) groups is 1. The standard InChI is InChI=1S/C15H12ClN5O2/c1-23-11-4-2-9(3-5-11)15(22)21-18-7-10-6-17-8-12-13(10)19-20-14(12)16/h2-8H,1H3,(H,19,20)(H,21,22)/b18-7+. The lowest BCUT2D eigenvalue weighted by molar-refractivity contribution is 0.0955. The molecule has 0 saturated heterocycles. The number of ether oxygens (including phenoxy) is 1. The molecule has 0 saturated carbocycles. The van der Waals surface area contributed by atoms with Crippen molar-refractivity contribution in [2.24, 2.45) is 5.10 Å². The number of halogens is 1. The number of amides is 1. The molecule has 0 unspecified atom stereocenters. The van der Waals surface area contributed by atoms with Crippen LogP contribution in [0, 0.1) is 0 Å². The molecular formula is C15H12ClN5O2. The molecule has 0 aliphatic rings. The minimum atomic E-state index is -0.330. The molecule has 2 aromatic heterocycles. The van der Waals surface area contributed by atoms with Crippen LogP contribution in [0.5, 0.6) is 5.75 Å². The van der Waals surface area contributed by atoms with E-state index < -0.39 is 0 Å². The number of fused-ring (bicyclic) bond motifs is 1. The second kappa shape index (κ2) is 6.45. The third kappa shape index (κ3) is 3.14. The van der Waals surface area contributed by atoms with E-state index in [1.165, 1.54) is 6.21 Å². The molecule has 8 heteroatoms. The Morgan fingerprint density at radius 3 is 2.87 bits per heavy atom. The van der Waals surface area contributed by atoms with E-state index in [2.05, 4.69) is 25.7 Å². The molecule has 2 N–H and O–H groups in total. The summed E-state index contributed by atoms with van der Waals surface area (Å²) in [5.74, 6) is 0.349. The lowest BCUT2D eigenvalue weighted by atomic mass is 10.2. The largest absolute Gasteiger partial charge is 0.497 e. The number of rotatable bonds is 4. The second-order valence-electron chi connectivity index (χ2n) is 4.59. The quantitative estimate of drug-likeness (QED) is 0.568. The Hall–Kier alpha value is -2.93. The van der Waals surface area contributed by atoms with Gasteiger partial charge in [0.05, 0.1) is 18.7 Å². The monoisotopic (exact) mass is 329 g/mol. The zero-order chi connectivity index (χ0) is 16.2. The summed E-state index contributed by atoms with van der Waals surface area (Å²) in [6.07, 6.45) is 4.66. The molecule has 7 nitrogen and oxygen atoms in total. The highest BCUT2D eigenvalue weighted by molar-refractivity contribution is 6.34.